The monoisotopic (exact) mass is 311 g/mol. The third-order valence-electron chi connectivity index (χ3n) is 3.18. The molecule has 0 unspecified atom stereocenters. The van der Waals surface area contributed by atoms with Crippen molar-refractivity contribution in [3.8, 4) is 5.75 Å². The van der Waals surface area contributed by atoms with Gasteiger partial charge in [0, 0.05) is 11.1 Å². The van der Waals surface area contributed by atoms with Crippen molar-refractivity contribution in [3.05, 3.63) is 57.3 Å². The van der Waals surface area contributed by atoms with Crippen LogP contribution in [0, 0.1) is 26.6 Å². The molecule has 1 aromatic carbocycles. The van der Waals surface area contributed by atoms with Crippen molar-refractivity contribution in [2.45, 2.75) is 25.7 Å². The van der Waals surface area contributed by atoms with Crippen LogP contribution in [0.4, 0.5) is 4.39 Å². The van der Waals surface area contributed by atoms with Gasteiger partial charge in [0.2, 0.25) is 0 Å². The smallest absolute Gasteiger partial charge is 0.339 e. The number of nitrogens with one attached hydrogen (secondary N) is 1. The highest BCUT2D eigenvalue weighted by atomic mass is 32.2. The molecule has 0 aliphatic heterocycles. The first-order chi connectivity index (χ1) is 9.72. The molecule has 0 aliphatic carbocycles. The van der Waals surface area contributed by atoms with Gasteiger partial charge in [-0.3, -0.25) is 4.79 Å². The zero-order valence-corrected chi connectivity index (χ0v) is 12.5. The van der Waals surface area contributed by atoms with E-state index in [2.05, 4.69) is 4.98 Å². The zero-order chi connectivity index (χ0) is 15.8. The number of aryl methyl sites for hydroxylation is 1. The van der Waals surface area contributed by atoms with Gasteiger partial charge in [-0.15, -0.1) is 0 Å². The Bertz CT molecular complexity index is 839. The van der Waals surface area contributed by atoms with Crippen molar-refractivity contribution < 1.29 is 17.0 Å². The van der Waals surface area contributed by atoms with Gasteiger partial charge in [-0.25, -0.2) is 4.39 Å². The molecule has 1 aromatic heterocycles. The molecule has 0 bridgehead atoms. The Morgan fingerprint density at radius 3 is 2.19 bits per heavy atom. The first-order valence-electron chi connectivity index (χ1n) is 6.12. The van der Waals surface area contributed by atoms with E-state index in [1.807, 2.05) is 0 Å². The van der Waals surface area contributed by atoms with Gasteiger partial charge in [-0.2, -0.15) is 8.42 Å². The molecule has 0 saturated carbocycles. The summed E-state index contributed by atoms with van der Waals surface area (Å²) in [4.78, 5) is 13.9. The highest BCUT2D eigenvalue weighted by molar-refractivity contribution is 7.87. The Morgan fingerprint density at radius 1 is 1.05 bits per heavy atom. The van der Waals surface area contributed by atoms with Crippen LogP contribution in [-0.4, -0.2) is 13.4 Å². The van der Waals surface area contributed by atoms with Crippen LogP contribution in [0.3, 0.4) is 0 Å². The number of benzene rings is 1. The Hall–Kier alpha value is -2.15. The highest BCUT2D eigenvalue weighted by Crippen LogP contribution is 2.25. The molecule has 1 N–H and O–H groups in total. The molecule has 0 amide bonds. The average Bonchev–Trinajstić information content (AvgIpc) is 2.42. The molecule has 0 saturated heterocycles. The van der Waals surface area contributed by atoms with E-state index in [1.54, 1.807) is 20.8 Å². The number of aromatic amines is 1. The molecule has 1 heterocycles. The Labute approximate surface area is 121 Å². The Morgan fingerprint density at radius 2 is 1.62 bits per heavy atom. The minimum atomic E-state index is -4.09. The summed E-state index contributed by atoms with van der Waals surface area (Å²) in [6, 6.07) is 4.31. The second-order valence-electron chi connectivity index (χ2n) is 4.65. The van der Waals surface area contributed by atoms with Crippen molar-refractivity contribution >= 4 is 10.1 Å². The van der Waals surface area contributed by atoms with Crippen molar-refractivity contribution in [2.24, 2.45) is 0 Å². The topological polar surface area (TPSA) is 76.2 Å². The van der Waals surface area contributed by atoms with Crippen molar-refractivity contribution in [1.82, 2.24) is 4.98 Å². The summed E-state index contributed by atoms with van der Waals surface area (Å²) in [6.07, 6.45) is 0. The molecule has 0 radical (unpaired) electrons. The van der Waals surface area contributed by atoms with E-state index in [0.717, 1.165) is 24.3 Å². The molecule has 5 nitrogen and oxygen atoms in total. The Balaban J connectivity index is 2.49. The number of halogens is 1. The largest absolute Gasteiger partial charge is 0.377 e. The Kier molecular flexibility index (Phi) is 3.87. The SMILES string of the molecule is Cc1[nH]c(=O)c(C)c(C)c1OS(=O)(=O)c1ccc(F)cc1. The number of pyridine rings is 1. The van der Waals surface area contributed by atoms with Crippen LogP contribution in [0.2, 0.25) is 0 Å². The number of hydrogen-bond donors (Lipinski definition) is 1. The molecular weight excluding hydrogens is 297 g/mol. The highest BCUT2D eigenvalue weighted by Gasteiger charge is 2.21. The molecule has 21 heavy (non-hydrogen) atoms. The third-order valence-corrected chi connectivity index (χ3v) is 4.42. The van der Waals surface area contributed by atoms with E-state index in [1.165, 1.54) is 0 Å². The van der Waals surface area contributed by atoms with Gasteiger partial charge in [0.1, 0.15) is 10.7 Å². The van der Waals surface area contributed by atoms with Crippen molar-refractivity contribution in [3.63, 3.8) is 0 Å². The van der Waals surface area contributed by atoms with E-state index < -0.39 is 15.9 Å². The van der Waals surface area contributed by atoms with E-state index in [4.69, 9.17) is 4.18 Å². The standard InChI is InChI=1S/C14H14FNO4S/c1-8-9(2)14(17)16-10(3)13(8)20-21(18,19)12-6-4-11(15)5-7-12/h4-7H,1-3H3,(H,16,17). The fourth-order valence-electron chi connectivity index (χ4n) is 1.83. The lowest BCUT2D eigenvalue weighted by molar-refractivity contribution is 0.479. The molecule has 112 valence electrons. The maximum Gasteiger partial charge on any atom is 0.339 e. The predicted molar refractivity (Wildman–Crippen MR) is 75.5 cm³/mol. The fraction of sp³-hybridized carbons (Fsp3) is 0.214. The summed E-state index contributed by atoms with van der Waals surface area (Å²) in [7, 11) is -4.09. The number of hydrogen-bond acceptors (Lipinski definition) is 4. The molecule has 2 aromatic rings. The van der Waals surface area contributed by atoms with Gasteiger partial charge >= 0.3 is 10.1 Å². The summed E-state index contributed by atoms with van der Waals surface area (Å²) >= 11 is 0. The van der Waals surface area contributed by atoms with Crippen LogP contribution in [0.5, 0.6) is 5.75 Å². The normalized spacial score (nSPS) is 11.4. The second-order valence-corrected chi connectivity index (χ2v) is 6.20. The number of H-pyrrole nitrogens is 1. The van der Waals surface area contributed by atoms with E-state index in [-0.39, 0.29) is 16.2 Å². The lowest BCUT2D eigenvalue weighted by Gasteiger charge is -2.13. The van der Waals surface area contributed by atoms with Gasteiger partial charge in [-0.1, -0.05) is 0 Å². The van der Waals surface area contributed by atoms with Gasteiger partial charge in [0.05, 0.1) is 5.69 Å². The number of rotatable bonds is 3. The lowest BCUT2D eigenvalue weighted by Crippen LogP contribution is -2.18. The van der Waals surface area contributed by atoms with Gasteiger partial charge in [0.15, 0.2) is 5.75 Å². The maximum absolute atomic E-state index is 12.9. The molecule has 0 atom stereocenters. The molecule has 0 fully saturated rings. The summed E-state index contributed by atoms with van der Waals surface area (Å²) in [5, 5.41) is 0. The quantitative estimate of drug-likeness (QED) is 0.882. The predicted octanol–water partition coefficient (Wildman–Crippen LogP) is 2.21. The van der Waals surface area contributed by atoms with Crippen LogP contribution >= 0.6 is 0 Å². The second kappa shape index (κ2) is 5.33. The summed E-state index contributed by atoms with van der Waals surface area (Å²) in [6.45, 7) is 4.72. The summed E-state index contributed by atoms with van der Waals surface area (Å²) < 4.78 is 42.3. The minimum Gasteiger partial charge on any atom is -0.377 e. The third kappa shape index (κ3) is 2.97. The molecule has 0 spiro atoms. The van der Waals surface area contributed by atoms with Crippen LogP contribution in [0.1, 0.15) is 16.8 Å². The molecular formula is C14H14FNO4S. The van der Waals surface area contributed by atoms with E-state index in [9.17, 15) is 17.6 Å². The van der Waals surface area contributed by atoms with Crippen molar-refractivity contribution in [1.29, 1.82) is 0 Å². The zero-order valence-electron chi connectivity index (χ0n) is 11.7. The first-order valence-corrected chi connectivity index (χ1v) is 7.53. The maximum atomic E-state index is 12.9. The summed E-state index contributed by atoms with van der Waals surface area (Å²) in [5.74, 6) is -0.461. The van der Waals surface area contributed by atoms with Gasteiger partial charge < -0.3 is 9.17 Å². The van der Waals surface area contributed by atoms with Crippen LogP contribution < -0.4 is 9.74 Å². The molecule has 0 aliphatic rings. The fourth-order valence-corrected chi connectivity index (χ4v) is 2.86. The summed E-state index contributed by atoms with van der Waals surface area (Å²) in [5.41, 5.74) is 0.845. The molecule has 2 rings (SSSR count). The van der Waals surface area contributed by atoms with Gasteiger partial charge in [-0.05, 0) is 45.0 Å². The minimum absolute atomic E-state index is 0.0800. The van der Waals surface area contributed by atoms with Crippen LogP contribution in [-0.2, 0) is 10.1 Å². The van der Waals surface area contributed by atoms with E-state index >= 15 is 0 Å². The lowest BCUT2D eigenvalue weighted by atomic mass is 10.1. The number of aromatic nitrogens is 1. The molecule has 7 heteroatoms. The van der Waals surface area contributed by atoms with Crippen LogP contribution in [0.15, 0.2) is 34.0 Å². The average molecular weight is 311 g/mol. The van der Waals surface area contributed by atoms with Crippen LogP contribution in [0.25, 0.3) is 0 Å². The van der Waals surface area contributed by atoms with Crippen molar-refractivity contribution in [2.75, 3.05) is 0 Å². The first kappa shape index (κ1) is 15.2. The van der Waals surface area contributed by atoms with Gasteiger partial charge in [0.25, 0.3) is 5.56 Å². The van der Waals surface area contributed by atoms with E-state index in [0.29, 0.717) is 16.8 Å².